The molecule has 3 aromatic carbocycles. The molecule has 0 radical (unpaired) electrons. The summed E-state index contributed by atoms with van der Waals surface area (Å²) in [6.45, 7) is 12.9. The number of rotatable bonds is 2. The lowest BCUT2D eigenvalue weighted by atomic mass is 10.1. The third-order valence-electron chi connectivity index (χ3n) is 21.1. The molecule has 3 aromatic heterocycles. The number of aromatic nitrogens is 6. The van der Waals surface area contributed by atoms with Crippen molar-refractivity contribution >= 4 is 104 Å². The van der Waals surface area contributed by atoms with Crippen molar-refractivity contribution in [2.75, 3.05) is 235 Å². The number of hydrogen-bond acceptors (Lipinski definition) is 21. The summed E-state index contributed by atoms with van der Waals surface area (Å²) in [6, 6.07) is 23.2. The minimum atomic E-state index is -3.07. The average Bonchev–Trinajstić information content (AvgIpc) is 1.40. The van der Waals surface area contributed by atoms with Gasteiger partial charge in [0.15, 0.2) is 16.1 Å². The van der Waals surface area contributed by atoms with E-state index in [9.17, 15) is 61.7 Å². The average molecular weight is 1800 g/mol. The van der Waals surface area contributed by atoms with Crippen LogP contribution in [-0.4, -0.2) is 390 Å². The number of para-hydroxylation sites is 3. The monoisotopic (exact) mass is 1800 g/mol. The largest absolute Gasteiger partial charge is 0.356 e. The highest BCUT2D eigenvalue weighted by Gasteiger charge is 2.31. The minimum Gasteiger partial charge on any atom is -0.356 e. The van der Waals surface area contributed by atoms with Gasteiger partial charge in [0.05, 0.1) is 33.7 Å². The molecule has 40 nitrogen and oxygen atoms in total. The number of carbonyl (C=O) groups excluding carboxylic acids is 7. The number of nitrogens with zero attached hydrogens (tertiary/aromatic N) is 27. The van der Waals surface area contributed by atoms with Gasteiger partial charge in [-0.25, -0.2) is 33.8 Å². The van der Waals surface area contributed by atoms with Crippen LogP contribution in [0, 0.1) is 21.6 Å². The van der Waals surface area contributed by atoms with E-state index >= 15 is 0 Å². The van der Waals surface area contributed by atoms with Crippen LogP contribution in [0.1, 0.15) is 43.2 Å². The standard InChI is InChI=1S/C10H10N2O2.2C10H12N2O.C7H13N3O2.C7H14N2O.C6H8N4.C6H12N2O.C6H12N2S.C5H12N2O2S.C5H8N2O2.C5H10N2O.C5H8N2S/c1-11-8-6-4-3-5-7(8)9(13)12(2)10(11)14;2*1-11-7-8-5-3-4-6-9(8)12(2)10(11)13;1-8-4-3-5-9(2)7(8)6-10(11)12;1-8-5-3-4-6-9(2)7(8)10;1-9-3-4-10(2)6(9)8-5-7;1-7-3-4-8(2)6(9)5-7;1-7-4-3-5-8(2)6(7)9;1-6-4-3-5-7(2)10(6,8)9;1-6-3-4(8)7(2)5(6)9;1-6-3-4-7(2)5(6)8;1-7-4-3-6-5(7)8-2/h3-6H,1-2H3;2*3-6H,7H2,1-2H3;6H,3-5H2,1-2H3;3-6H2,1-2H3;3-4H,1-2H3;2*3-5H2,1-2H3;3-5H2,1-2H3;3H2,1-2H3;3-4H2,1-2H3;3-4H,1-2H3. The Bertz CT molecular complexity index is 4850. The molecule has 9 aliphatic heterocycles. The van der Waals surface area contributed by atoms with Crippen molar-refractivity contribution < 1.29 is 46.9 Å². The highest BCUT2D eigenvalue weighted by Crippen LogP contribution is 2.27. The number of fused-ring (bicyclic) bond motifs is 3. The van der Waals surface area contributed by atoms with Gasteiger partial charge in [-0.1, -0.05) is 60.3 Å². The second-order valence-corrected chi connectivity index (χ2v) is 34.3. The molecule has 43 heteroatoms. The molecule has 7 saturated heterocycles. The number of nitriles is 1. The first-order valence-electron chi connectivity index (χ1n) is 40.4. The van der Waals surface area contributed by atoms with E-state index < -0.39 is 15.1 Å². The zero-order chi connectivity index (χ0) is 94.0. The molecular formula is C82H131N27O13S3. The van der Waals surface area contributed by atoms with Crippen LogP contribution in [0.15, 0.2) is 129 Å². The molecule has 12 heterocycles. The van der Waals surface area contributed by atoms with Gasteiger partial charge in [0, 0.05) is 271 Å². The molecule has 0 saturated carbocycles. The van der Waals surface area contributed by atoms with E-state index in [1.165, 1.54) is 49.7 Å². The molecule has 15 rings (SSSR count). The second kappa shape index (κ2) is 51.0. The molecule has 690 valence electrons. The van der Waals surface area contributed by atoms with Gasteiger partial charge in [0.1, 0.15) is 6.54 Å². The number of thioether (sulfide) groups is 1. The first-order chi connectivity index (χ1) is 58.7. The van der Waals surface area contributed by atoms with Crippen LogP contribution in [0.2, 0.25) is 0 Å². The van der Waals surface area contributed by atoms with E-state index in [2.05, 4.69) is 31.9 Å². The number of benzene rings is 3. The summed E-state index contributed by atoms with van der Waals surface area (Å²) in [6.07, 6.45) is 17.7. The number of nitro groups is 1. The lowest BCUT2D eigenvalue weighted by molar-refractivity contribution is -0.405. The van der Waals surface area contributed by atoms with Crippen molar-refractivity contribution in [1.82, 2.24) is 105 Å². The van der Waals surface area contributed by atoms with Gasteiger partial charge in [-0.05, 0) is 93.0 Å². The fourth-order valence-corrected chi connectivity index (χ4v) is 15.0. The van der Waals surface area contributed by atoms with Crippen molar-refractivity contribution in [3.63, 3.8) is 0 Å². The minimum absolute atomic E-state index is 0.0544. The van der Waals surface area contributed by atoms with E-state index in [1.54, 1.807) is 144 Å². The van der Waals surface area contributed by atoms with Gasteiger partial charge >= 0.3 is 35.8 Å². The van der Waals surface area contributed by atoms with Gasteiger partial charge in [-0.2, -0.15) is 22.3 Å². The van der Waals surface area contributed by atoms with Crippen molar-refractivity contribution in [2.45, 2.75) is 50.4 Å². The number of aryl methyl sites for hydroxylation is 4. The summed E-state index contributed by atoms with van der Waals surface area (Å²) in [7, 11) is 38.2. The molecule has 7 fully saturated rings. The van der Waals surface area contributed by atoms with E-state index in [-0.39, 0.29) is 59.8 Å². The Morgan fingerprint density at radius 2 is 0.856 bits per heavy atom. The third kappa shape index (κ3) is 31.5. The Kier molecular flexibility index (Phi) is 43.1. The molecule has 6 aromatic rings. The van der Waals surface area contributed by atoms with Crippen LogP contribution < -0.4 is 26.7 Å². The number of imide groups is 1. The van der Waals surface area contributed by atoms with E-state index in [4.69, 9.17) is 17.5 Å². The molecule has 0 N–H and O–H groups in total. The Morgan fingerprint density at radius 3 is 1.22 bits per heavy atom. The van der Waals surface area contributed by atoms with Crippen molar-refractivity contribution in [3.05, 3.63) is 157 Å². The number of amides is 12. The van der Waals surface area contributed by atoms with E-state index in [0.29, 0.717) is 55.1 Å². The maximum absolute atomic E-state index is 11.7. The van der Waals surface area contributed by atoms with Crippen LogP contribution in [0.3, 0.4) is 0 Å². The van der Waals surface area contributed by atoms with Gasteiger partial charge < -0.3 is 72.5 Å². The number of hydrogen-bond donors (Lipinski definition) is 0. The van der Waals surface area contributed by atoms with Gasteiger partial charge in [0.25, 0.3) is 22.0 Å². The van der Waals surface area contributed by atoms with E-state index in [1.807, 2.05) is 186 Å². The van der Waals surface area contributed by atoms with Crippen molar-refractivity contribution in [2.24, 2.45) is 40.2 Å². The van der Waals surface area contributed by atoms with Crippen LogP contribution in [-0.2, 0) is 68.1 Å². The fraction of sp³-hybridized carbons (Fsp3) is 0.549. The Labute approximate surface area is 745 Å². The molecule has 9 aliphatic rings. The zero-order valence-corrected chi connectivity index (χ0v) is 79.7. The highest BCUT2D eigenvalue weighted by molar-refractivity contribution is 7.98. The Balaban J connectivity index is 0.000000287. The summed E-state index contributed by atoms with van der Waals surface area (Å²) in [5.74, 6) is 0.775. The molecule has 0 unspecified atom stereocenters. The predicted molar refractivity (Wildman–Crippen MR) is 491 cm³/mol. The van der Waals surface area contributed by atoms with Crippen LogP contribution in [0.25, 0.3) is 10.9 Å². The SMILES string of the molecule is CN1CC(=O)N(C)C1=O.CN1CCCCN(C)C1=O.CN1CCCN(C)C1=C[N+](=O)[O-].CN1CCCN(C)C1=S.CN1CCCN(C)S1(=O)=O.CN1CCN(C)C(=O)C1.CN1CCN(C)C1=O.CN1Cc2ccccc2N(C)C1=O.CN1Cc2ccccc2N(C)C1=O.CSc1nccn1C.Cn1c(=O)c2ccccc2n(C)c1=O.Cn1ccn(C)c1=NC#N. The summed E-state index contributed by atoms with van der Waals surface area (Å²) >= 11 is 6.76. The maximum Gasteiger partial charge on any atom is 0.330 e. The van der Waals surface area contributed by atoms with E-state index in [0.717, 1.165) is 128 Å². The number of anilines is 2. The summed E-state index contributed by atoms with van der Waals surface area (Å²) in [5, 5.41) is 21.1. The second-order valence-electron chi connectivity index (χ2n) is 31.0. The van der Waals surface area contributed by atoms with Crippen molar-refractivity contribution in [3.8, 4) is 6.19 Å². The lowest BCUT2D eigenvalue weighted by Crippen LogP contribution is -2.46. The molecule has 0 bridgehead atoms. The number of urea groups is 5. The molecular weight excluding hydrogens is 1670 g/mol. The quantitative estimate of drug-likeness (QED) is 0.0574. The molecule has 0 spiro atoms. The molecule has 12 amide bonds. The number of likely N-dealkylation sites (N-methyl/N-ethyl adjacent to an activating group) is 6. The summed E-state index contributed by atoms with van der Waals surface area (Å²) in [4.78, 5) is 146. The molecule has 125 heavy (non-hydrogen) atoms. The van der Waals surface area contributed by atoms with Crippen LogP contribution in [0.4, 0.5) is 35.3 Å². The number of carbonyl (C=O) groups is 7. The molecule has 0 aliphatic carbocycles. The van der Waals surface area contributed by atoms with Crippen molar-refractivity contribution in [1.29, 1.82) is 5.26 Å². The molecule has 0 atom stereocenters. The number of imidazole rings is 2. The zero-order valence-electron chi connectivity index (χ0n) is 77.3. The van der Waals surface area contributed by atoms with Gasteiger partial charge in [0.2, 0.25) is 23.6 Å². The number of thiocarbonyl (C=S) groups is 1. The summed E-state index contributed by atoms with van der Waals surface area (Å²) < 4.78 is 33.2. The normalized spacial score (nSPS) is 17.5. The Morgan fingerprint density at radius 1 is 0.448 bits per heavy atom. The maximum atomic E-state index is 11.7. The van der Waals surface area contributed by atoms with Gasteiger partial charge in [-0.15, -0.1) is 4.99 Å². The first kappa shape index (κ1) is 106. The first-order valence-corrected chi connectivity index (χ1v) is 43.5. The smallest absolute Gasteiger partial charge is 0.330 e. The van der Waals surface area contributed by atoms with Gasteiger partial charge in [-0.3, -0.25) is 53.2 Å². The third-order valence-corrected chi connectivity index (χ3v) is 24.4. The predicted octanol–water partition coefficient (Wildman–Crippen LogP) is 4.52. The highest BCUT2D eigenvalue weighted by atomic mass is 32.2. The van der Waals surface area contributed by atoms with Crippen LogP contribution in [0.5, 0.6) is 0 Å². The fourth-order valence-electron chi connectivity index (χ4n) is 13.1. The topological polar surface area (TPSA) is 363 Å². The Hall–Kier alpha value is -11.6. The summed E-state index contributed by atoms with van der Waals surface area (Å²) in [5.41, 5.74) is 5.22. The number of piperazine rings is 1. The lowest BCUT2D eigenvalue weighted by Gasteiger charge is -2.33. The van der Waals surface area contributed by atoms with Crippen LogP contribution >= 0.6 is 24.0 Å².